The largest absolute Gasteiger partial charge is 0.497 e. The minimum atomic E-state index is -3.06. The van der Waals surface area contributed by atoms with Crippen molar-refractivity contribution in [2.45, 2.75) is 18.9 Å². The molecular weight excluding hydrogens is 334 g/mol. The highest BCUT2D eigenvalue weighted by Crippen LogP contribution is 2.16. The first-order valence-electron chi connectivity index (χ1n) is 7.55. The molecule has 8 heteroatoms. The normalized spacial score (nSPS) is 18.8. The van der Waals surface area contributed by atoms with Gasteiger partial charge in [-0.25, -0.2) is 8.42 Å². The second kappa shape index (κ2) is 7.65. The molecule has 1 saturated heterocycles. The number of benzene rings is 1. The van der Waals surface area contributed by atoms with Gasteiger partial charge in [-0.2, -0.15) is 0 Å². The number of hydrogen-bond donors (Lipinski definition) is 0. The molecule has 132 valence electrons. The lowest BCUT2D eigenvalue weighted by Crippen LogP contribution is -2.40. The van der Waals surface area contributed by atoms with Crippen LogP contribution in [-0.4, -0.2) is 63.5 Å². The molecule has 1 aromatic carbocycles. The molecule has 7 nitrogen and oxygen atoms in total. The summed E-state index contributed by atoms with van der Waals surface area (Å²) in [6.45, 7) is -0.387. The number of hydrogen-bond acceptors (Lipinski definition) is 6. The molecule has 24 heavy (non-hydrogen) atoms. The summed E-state index contributed by atoms with van der Waals surface area (Å²) in [4.78, 5) is 25.2. The van der Waals surface area contributed by atoms with Crippen molar-refractivity contribution >= 4 is 21.7 Å². The Morgan fingerprint density at radius 2 is 1.92 bits per heavy atom. The highest BCUT2D eigenvalue weighted by molar-refractivity contribution is 7.91. The summed E-state index contributed by atoms with van der Waals surface area (Å²) < 4.78 is 32.9. The fourth-order valence-electron chi connectivity index (χ4n) is 2.49. The number of rotatable bonds is 6. The second-order valence-corrected chi connectivity index (χ2v) is 7.98. The number of nitrogens with zero attached hydrogens (tertiary/aromatic N) is 1. The highest BCUT2D eigenvalue weighted by Gasteiger charge is 2.32. The van der Waals surface area contributed by atoms with E-state index in [-0.39, 0.29) is 30.6 Å². The van der Waals surface area contributed by atoms with Crippen LogP contribution in [0.5, 0.6) is 5.75 Å². The molecule has 0 saturated carbocycles. The predicted molar refractivity (Wildman–Crippen MR) is 87.5 cm³/mol. The lowest BCUT2D eigenvalue weighted by atomic mass is 10.1. The number of likely N-dealkylation sites (N-methyl/N-ethyl adjacent to an activating group) is 1. The Hall–Kier alpha value is -2.09. The number of carbonyl (C=O) groups excluding carboxylic acids is 2. The maximum absolute atomic E-state index is 12.0. The quantitative estimate of drug-likeness (QED) is 0.687. The predicted octanol–water partition coefficient (Wildman–Crippen LogP) is 0.426. The molecular formula is C16H21NO6S. The van der Waals surface area contributed by atoms with Gasteiger partial charge in [-0.1, -0.05) is 12.1 Å². The van der Waals surface area contributed by atoms with E-state index < -0.39 is 21.7 Å². The van der Waals surface area contributed by atoms with Gasteiger partial charge in [0.25, 0.3) is 5.91 Å². The summed E-state index contributed by atoms with van der Waals surface area (Å²) in [6, 6.07) is 6.63. The van der Waals surface area contributed by atoms with E-state index in [1.165, 1.54) is 11.9 Å². The molecule has 1 heterocycles. The van der Waals surface area contributed by atoms with Gasteiger partial charge in [-0.15, -0.1) is 0 Å². The molecule has 0 N–H and O–H groups in total. The first-order chi connectivity index (χ1) is 11.3. The van der Waals surface area contributed by atoms with Crippen LogP contribution in [0.3, 0.4) is 0 Å². The first kappa shape index (κ1) is 18.3. The third-order valence-corrected chi connectivity index (χ3v) is 5.76. The lowest BCUT2D eigenvalue weighted by Gasteiger charge is -2.23. The standard InChI is InChI=1S/C16H21NO6S/c1-17(13-7-8-24(20,21)11-13)15(18)10-23-16(19)9-12-3-5-14(22-2)6-4-12/h3-6,13H,7-11H2,1-2H3. The number of ether oxygens (including phenoxy) is 2. The van der Waals surface area contributed by atoms with Gasteiger partial charge in [0, 0.05) is 13.1 Å². The molecule has 0 radical (unpaired) electrons. The van der Waals surface area contributed by atoms with Crippen LogP contribution in [0.2, 0.25) is 0 Å². The monoisotopic (exact) mass is 355 g/mol. The summed E-state index contributed by atoms with van der Waals surface area (Å²) in [5.74, 6) is -0.168. The molecule has 0 aromatic heterocycles. The molecule has 0 spiro atoms. The lowest BCUT2D eigenvalue weighted by molar-refractivity contribution is -0.151. The van der Waals surface area contributed by atoms with Crippen molar-refractivity contribution in [1.29, 1.82) is 0 Å². The zero-order valence-corrected chi connectivity index (χ0v) is 14.5. The van der Waals surface area contributed by atoms with Gasteiger partial charge >= 0.3 is 5.97 Å². The molecule has 0 bridgehead atoms. The minimum Gasteiger partial charge on any atom is -0.497 e. The van der Waals surface area contributed by atoms with Gasteiger partial charge in [0.05, 0.1) is 25.0 Å². The molecule has 2 rings (SSSR count). The van der Waals surface area contributed by atoms with Gasteiger partial charge in [0.1, 0.15) is 5.75 Å². The molecule has 0 aliphatic carbocycles. The number of methoxy groups -OCH3 is 1. The molecule has 1 fully saturated rings. The number of sulfone groups is 1. The van der Waals surface area contributed by atoms with E-state index in [0.717, 1.165) is 5.56 Å². The van der Waals surface area contributed by atoms with E-state index in [1.807, 2.05) is 0 Å². The van der Waals surface area contributed by atoms with Crippen LogP contribution in [0.4, 0.5) is 0 Å². The zero-order valence-electron chi connectivity index (χ0n) is 13.7. The van der Waals surface area contributed by atoms with E-state index in [4.69, 9.17) is 9.47 Å². The van der Waals surface area contributed by atoms with Crippen molar-refractivity contribution in [3.63, 3.8) is 0 Å². The summed E-state index contributed by atoms with van der Waals surface area (Å²) in [5, 5.41) is 0. The highest BCUT2D eigenvalue weighted by atomic mass is 32.2. The van der Waals surface area contributed by atoms with E-state index in [1.54, 1.807) is 31.4 Å². The van der Waals surface area contributed by atoms with E-state index >= 15 is 0 Å². The number of amides is 1. The van der Waals surface area contributed by atoms with E-state index in [0.29, 0.717) is 12.2 Å². The van der Waals surface area contributed by atoms with Crippen LogP contribution in [0, 0.1) is 0 Å². The van der Waals surface area contributed by atoms with E-state index in [2.05, 4.69) is 0 Å². The Morgan fingerprint density at radius 3 is 2.46 bits per heavy atom. The SMILES string of the molecule is COc1ccc(CC(=O)OCC(=O)N(C)C2CCS(=O)(=O)C2)cc1. The summed E-state index contributed by atoms with van der Waals surface area (Å²) in [6.07, 6.45) is 0.475. The Kier molecular flexibility index (Phi) is 5.82. The van der Waals surface area contributed by atoms with Crippen molar-refractivity contribution in [2.75, 3.05) is 32.3 Å². The molecule has 1 unspecified atom stereocenters. The average Bonchev–Trinajstić information content (AvgIpc) is 2.92. The molecule has 1 amide bonds. The van der Waals surface area contributed by atoms with Gasteiger partial charge in [0.2, 0.25) is 0 Å². The Labute approximate surface area is 141 Å². The van der Waals surface area contributed by atoms with Gasteiger partial charge < -0.3 is 14.4 Å². The van der Waals surface area contributed by atoms with Crippen LogP contribution < -0.4 is 4.74 Å². The number of carbonyl (C=O) groups is 2. The third-order valence-electron chi connectivity index (χ3n) is 4.01. The van der Waals surface area contributed by atoms with Crippen molar-refractivity contribution < 1.29 is 27.5 Å². The van der Waals surface area contributed by atoms with Crippen LogP contribution >= 0.6 is 0 Å². The molecule has 1 aromatic rings. The molecule has 1 aliphatic rings. The van der Waals surface area contributed by atoms with Gasteiger partial charge in [-0.3, -0.25) is 9.59 Å². The van der Waals surface area contributed by atoms with Crippen LogP contribution in [-0.2, 0) is 30.6 Å². The van der Waals surface area contributed by atoms with Gasteiger partial charge in [-0.05, 0) is 24.1 Å². The van der Waals surface area contributed by atoms with Crippen molar-refractivity contribution in [2.24, 2.45) is 0 Å². The maximum atomic E-state index is 12.0. The van der Waals surface area contributed by atoms with Crippen LogP contribution in [0.15, 0.2) is 24.3 Å². The molecule has 1 atom stereocenters. The summed E-state index contributed by atoms with van der Waals surface area (Å²) >= 11 is 0. The Bertz CT molecular complexity index is 698. The van der Waals surface area contributed by atoms with Crippen LogP contribution in [0.1, 0.15) is 12.0 Å². The Morgan fingerprint density at radius 1 is 1.25 bits per heavy atom. The second-order valence-electron chi connectivity index (χ2n) is 5.75. The van der Waals surface area contributed by atoms with E-state index in [9.17, 15) is 18.0 Å². The van der Waals surface area contributed by atoms with Crippen molar-refractivity contribution in [1.82, 2.24) is 4.90 Å². The topological polar surface area (TPSA) is 90.0 Å². The fraction of sp³-hybridized carbons (Fsp3) is 0.500. The molecule has 1 aliphatic heterocycles. The average molecular weight is 355 g/mol. The van der Waals surface area contributed by atoms with Crippen molar-refractivity contribution in [3.8, 4) is 5.75 Å². The maximum Gasteiger partial charge on any atom is 0.310 e. The van der Waals surface area contributed by atoms with Crippen LogP contribution in [0.25, 0.3) is 0 Å². The Balaban J connectivity index is 1.79. The smallest absolute Gasteiger partial charge is 0.310 e. The van der Waals surface area contributed by atoms with Crippen molar-refractivity contribution in [3.05, 3.63) is 29.8 Å². The summed E-state index contributed by atoms with van der Waals surface area (Å²) in [7, 11) is 0.0258. The first-order valence-corrected chi connectivity index (χ1v) is 9.37. The minimum absolute atomic E-state index is 0.0327. The van der Waals surface area contributed by atoms with Gasteiger partial charge in [0.15, 0.2) is 16.4 Å². The number of esters is 1. The zero-order chi connectivity index (χ0) is 17.7. The third kappa shape index (κ3) is 4.95. The summed E-state index contributed by atoms with van der Waals surface area (Å²) in [5.41, 5.74) is 0.753. The fourth-order valence-corrected chi connectivity index (χ4v) is 4.26.